The van der Waals surface area contributed by atoms with Crippen molar-refractivity contribution in [2.75, 3.05) is 0 Å². The first-order chi connectivity index (χ1) is 14.3. The molecule has 2 aromatic rings. The molecule has 1 fully saturated rings. The zero-order valence-corrected chi connectivity index (χ0v) is 16.8. The molecule has 0 aromatic heterocycles. The molecule has 0 atom stereocenters. The Morgan fingerprint density at radius 1 is 0.933 bits per heavy atom. The summed E-state index contributed by atoms with van der Waals surface area (Å²) in [4.78, 5) is 0. The van der Waals surface area contributed by atoms with Gasteiger partial charge in [-0.3, -0.25) is 0 Å². The van der Waals surface area contributed by atoms with Gasteiger partial charge in [-0.15, -0.1) is 0 Å². The number of hydrogen-bond donors (Lipinski definition) is 0. The fourth-order valence-electron chi connectivity index (χ4n) is 3.95. The van der Waals surface area contributed by atoms with Crippen LogP contribution in [0.4, 0.5) is 22.0 Å². The maximum atomic E-state index is 14.2. The number of halogens is 5. The number of benzene rings is 2. The first-order valence-electron chi connectivity index (χ1n) is 10.3. The Morgan fingerprint density at radius 3 is 2.10 bits per heavy atom. The Morgan fingerprint density at radius 2 is 1.53 bits per heavy atom. The van der Waals surface area contributed by atoms with Gasteiger partial charge in [-0.25, -0.2) is 13.2 Å². The van der Waals surface area contributed by atoms with E-state index in [1.54, 1.807) is 6.08 Å². The number of ether oxygens (including phenoxy) is 1. The molecule has 0 bridgehead atoms. The fraction of sp³-hybridized carbons (Fsp3) is 0.417. The molecule has 30 heavy (non-hydrogen) atoms. The minimum absolute atomic E-state index is 0.0805. The average molecular weight is 424 g/mol. The second-order valence-corrected chi connectivity index (χ2v) is 7.87. The molecule has 0 amide bonds. The summed E-state index contributed by atoms with van der Waals surface area (Å²) < 4.78 is 73.0. The number of hydrogen-bond acceptors (Lipinski definition) is 1. The van der Waals surface area contributed by atoms with E-state index >= 15 is 0 Å². The topological polar surface area (TPSA) is 9.23 Å². The van der Waals surface area contributed by atoms with Gasteiger partial charge in [-0.05, 0) is 72.9 Å². The summed E-state index contributed by atoms with van der Waals surface area (Å²) in [5.41, 5.74) is 0.450. The molecule has 1 aliphatic carbocycles. The van der Waals surface area contributed by atoms with Crippen LogP contribution in [0.3, 0.4) is 0 Å². The summed E-state index contributed by atoms with van der Waals surface area (Å²) in [6, 6.07) is 7.03. The van der Waals surface area contributed by atoms with Crippen LogP contribution in [0.5, 0.6) is 5.75 Å². The predicted molar refractivity (Wildman–Crippen MR) is 107 cm³/mol. The molecule has 3 rings (SSSR count). The van der Waals surface area contributed by atoms with Crippen molar-refractivity contribution in [2.24, 2.45) is 11.8 Å². The molecule has 0 heterocycles. The quantitative estimate of drug-likeness (QED) is 0.249. The molecule has 1 nitrogen and oxygen atoms in total. The zero-order valence-electron chi connectivity index (χ0n) is 16.8. The first kappa shape index (κ1) is 22.3. The summed E-state index contributed by atoms with van der Waals surface area (Å²) in [6.07, 6.45) is 5.20. The first-order valence-corrected chi connectivity index (χ1v) is 10.3. The maximum Gasteiger partial charge on any atom is 0.419 e. The molecule has 0 spiro atoms. The van der Waals surface area contributed by atoms with Gasteiger partial charge >= 0.3 is 6.11 Å². The average Bonchev–Trinajstić information content (AvgIpc) is 2.72. The van der Waals surface area contributed by atoms with Crippen LogP contribution in [-0.4, -0.2) is 6.11 Å². The van der Waals surface area contributed by atoms with Gasteiger partial charge in [0.2, 0.25) is 0 Å². The minimum Gasteiger partial charge on any atom is -0.429 e. The van der Waals surface area contributed by atoms with Crippen molar-refractivity contribution in [3.63, 3.8) is 0 Å². The van der Waals surface area contributed by atoms with Crippen LogP contribution in [0.1, 0.15) is 45.4 Å². The van der Waals surface area contributed by atoms with E-state index in [1.807, 2.05) is 0 Å². The van der Waals surface area contributed by atoms with Crippen molar-refractivity contribution in [2.45, 2.75) is 51.6 Å². The van der Waals surface area contributed by atoms with Crippen LogP contribution in [0.2, 0.25) is 0 Å². The normalized spacial score (nSPS) is 19.9. The molecular weight excluding hydrogens is 399 g/mol. The molecule has 6 heteroatoms. The third kappa shape index (κ3) is 5.83. The Kier molecular flexibility index (Phi) is 7.16. The molecule has 0 aliphatic heterocycles. The highest BCUT2D eigenvalue weighted by molar-refractivity contribution is 5.64. The highest BCUT2D eigenvalue weighted by Crippen LogP contribution is 2.33. The summed E-state index contributed by atoms with van der Waals surface area (Å²) in [5.74, 6) is -3.42. The molecular formula is C24H25F5O. The van der Waals surface area contributed by atoms with Gasteiger partial charge in [0.05, 0.1) is 0 Å². The van der Waals surface area contributed by atoms with Crippen molar-refractivity contribution < 1.29 is 26.7 Å². The summed E-state index contributed by atoms with van der Waals surface area (Å²) in [5, 5.41) is 0. The third-order valence-corrected chi connectivity index (χ3v) is 5.58. The summed E-state index contributed by atoms with van der Waals surface area (Å²) in [7, 11) is 0. The van der Waals surface area contributed by atoms with Crippen LogP contribution in [0.15, 0.2) is 48.6 Å². The van der Waals surface area contributed by atoms with E-state index in [1.165, 1.54) is 30.7 Å². The fourth-order valence-corrected chi connectivity index (χ4v) is 3.95. The molecule has 0 saturated heterocycles. The van der Waals surface area contributed by atoms with Gasteiger partial charge < -0.3 is 4.74 Å². The van der Waals surface area contributed by atoms with Gasteiger partial charge in [0.25, 0.3) is 0 Å². The van der Waals surface area contributed by atoms with Crippen LogP contribution in [0, 0.1) is 29.3 Å². The highest BCUT2D eigenvalue weighted by atomic mass is 19.3. The molecule has 1 aliphatic rings. The van der Waals surface area contributed by atoms with E-state index < -0.39 is 23.6 Å². The van der Waals surface area contributed by atoms with Crippen molar-refractivity contribution >= 4 is 0 Å². The zero-order chi connectivity index (χ0) is 21.7. The molecule has 0 radical (unpaired) electrons. The minimum atomic E-state index is -3.46. The van der Waals surface area contributed by atoms with Gasteiger partial charge in [0, 0.05) is 6.08 Å². The lowest BCUT2D eigenvalue weighted by Crippen LogP contribution is -2.22. The lowest BCUT2D eigenvalue weighted by Gasteiger charge is -2.26. The molecule has 1 saturated carbocycles. The Bertz CT molecular complexity index is 845. The Labute approximate surface area is 173 Å². The van der Waals surface area contributed by atoms with Crippen molar-refractivity contribution in [1.29, 1.82) is 0 Å². The number of allylic oxidation sites excluding steroid dienone is 1. The van der Waals surface area contributed by atoms with Gasteiger partial charge in [0.1, 0.15) is 5.75 Å². The summed E-state index contributed by atoms with van der Waals surface area (Å²) in [6.45, 7) is 2.16. The maximum absolute atomic E-state index is 14.2. The van der Waals surface area contributed by atoms with Crippen LogP contribution >= 0.6 is 0 Å². The van der Waals surface area contributed by atoms with Crippen LogP contribution in [-0.2, 0) is 0 Å². The lowest BCUT2D eigenvalue weighted by molar-refractivity contribution is -0.132. The smallest absolute Gasteiger partial charge is 0.419 e. The van der Waals surface area contributed by atoms with Crippen molar-refractivity contribution in [3.05, 3.63) is 66.0 Å². The lowest BCUT2D eigenvalue weighted by atomic mass is 9.80. The monoisotopic (exact) mass is 424 g/mol. The van der Waals surface area contributed by atoms with Gasteiger partial charge in [0.15, 0.2) is 17.5 Å². The van der Waals surface area contributed by atoms with E-state index in [9.17, 15) is 22.0 Å². The van der Waals surface area contributed by atoms with E-state index in [0.717, 1.165) is 50.3 Å². The standard InChI is InChI=1S/C24H25F5O/c1-2-3-16-4-6-17(7-5-16)12-13-24(28,29)30-20-10-8-18(9-11-20)19-14-21(25)23(27)22(26)15-19/h8-17H,2-7H2,1H3/b13-12+. The molecule has 162 valence electrons. The Hall–Kier alpha value is -2.37. The van der Waals surface area contributed by atoms with E-state index in [0.29, 0.717) is 11.5 Å². The van der Waals surface area contributed by atoms with Crippen LogP contribution in [0.25, 0.3) is 11.1 Å². The van der Waals surface area contributed by atoms with Crippen molar-refractivity contribution in [3.8, 4) is 16.9 Å². The second kappa shape index (κ2) is 9.63. The Balaban J connectivity index is 1.60. The predicted octanol–water partition coefficient (Wildman–Crippen LogP) is 7.91. The SMILES string of the molecule is CCCC1CCC(/C=C/C(F)(F)Oc2ccc(-c3cc(F)c(F)c(F)c3)cc2)CC1. The third-order valence-electron chi connectivity index (χ3n) is 5.58. The number of alkyl halides is 2. The number of rotatable bonds is 7. The highest BCUT2D eigenvalue weighted by Gasteiger charge is 2.29. The van der Waals surface area contributed by atoms with E-state index in [2.05, 4.69) is 6.92 Å². The van der Waals surface area contributed by atoms with Gasteiger partial charge in [-0.1, -0.05) is 38.0 Å². The van der Waals surface area contributed by atoms with Crippen LogP contribution < -0.4 is 4.74 Å². The van der Waals surface area contributed by atoms with E-state index in [4.69, 9.17) is 4.74 Å². The molecule has 0 N–H and O–H groups in total. The van der Waals surface area contributed by atoms with Gasteiger partial charge in [-0.2, -0.15) is 8.78 Å². The van der Waals surface area contributed by atoms with Crippen molar-refractivity contribution in [1.82, 2.24) is 0 Å². The van der Waals surface area contributed by atoms with E-state index in [-0.39, 0.29) is 17.2 Å². The molecule has 2 aromatic carbocycles. The molecule has 0 unspecified atom stereocenters. The second-order valence-electron chi connectivity index (χ2n) is 7.87. The largest absolute Gasteiger partial charge is 0.429 e. The summed E-state index contributed by atoms with van der Waals surface area (Å²) >= 11 is 0.